The van der Waals surface area contributed by atoms with Crippen molar-refractivity contribution in [3.63, 3.8) is 0 Å². The van der Waals surface area contributed by atoms with E-state index in [1.165, 1.54) is 0 Å². The third-order valence-corrected chi connectivity index (χ3v) is 4.86. The van der Waals surface area contributed by atoms with Crippen LogP contribution in [-0.4, -0.2) is 21.0 Å². The lowest BCUT2D eigenvalue weighted by Gasteiger charge is -2.04. The number of carbonyl (C=O) groups is 1. The number of carbonyl (C=O) groups excluding carboxylic acids is 1. The van der Waals surface area contributed by atoms with E-state index in [1.807, 2.05) is 35.7 Å². The first-order valence-corrected chi connectivity index (χ1v) is 9.26. The molecule has 0 saturated carbocycles. The van der Waals surface area contributed by atoms with E-state index in [4.69, 9.17) is 4.52 Å². The number of aryl methyl sites for hydroxylation is 1. The fraction of sp³-hybridized carbons (Fsp3) is 0.100. The molecule has 0 unspecified atom stereocenters. The van der Waals surface area contributed by atoms with Gasteiger partial charge in [0.1, 0.15) is 5.01 Å². The van der Waals surface area contributed by atoms with Crippen LogP contribution in [0.2, 0.25) is 0 Å². The van der Waals surface area contributed by atoms with E-state index in [2.05, 4.69) is 20.4 Å². The quantitative estimate of drug-likeness (QED) is 0.567. The summed E-state index contributed by atoms with van der Waals surface area (Å²) in [6.07, 6.45) is 0. The second kappa shape index (κ2) is 7.51. The fourth-order valence-electron chi connectivity index (χ4n) is 2.55. The fourth-order valence-corrected chi connectivity index (χ4v) is 3.38. The van der Waals surface area contributed by atoms with E-state index in [-0.39, 0.29) is 5.91 Å². The van der Waals surface area contributed by atoms with E-state index in [0.29, 0.717) is 23.8 Å². The first-order valence-electron chi connectivity index (χ1n) is 8.38. The van der Waals surface area contributed by atoms with Crippen LogP contribution >= 0.6 is 11.3 Å². The number of aromatic nitrogens is 3. The number of hydrogen-bond acceptors (Lipinski definition) is 6. The van der Waals surface area contributed by atoms with Gasteiger partial charge in [-0.15, -0.1) is 11.3 Å². The third-order valence-electron chi connectivity index (χ3n) is 3.92. The molecule has 0 aliphatic heterocycles. The van der Waals surface area contributed by atoms with Crippen molar-refractivity contribution in [1.29, 1.82) is 0 Å². The first kappa shape index (κ1) is 17.1. The Morgan fingerprint density at radius 1 is 1.04 bits per heavy atom. The summed E-state index contributed by atoms with van der Waals surface area (Å²) in [5.74, 6) is 0.859. The van der Waals surface area contributed by atoms with Crippen molar-refractivity contribution >= 4 is 17.2 Å². The Labute approximate surface area is 159 Å². The Balaban J connectivity index is 1.39. The second-order valence-corrected chi connectivity index (χ2v) is 6.77. The number of nitrogens with zero attached hydrogens (tertiary/aromatic N) is 3. The standard InChI is InChI=1S/C20H16N4O2S/c1-13-22-19(26-24-13)15-9-7-14(8-10-15)18(25)21-11-17-12-27-20(23-17)16-5-3-2-4-6-16/h2-10,12H,11H2,1H3,(H,21,25). The zero-order valence-corrected chi connectivity index (χ0v) is 15.4. The Morgan fingerprint density at radius 3 is 2.52 bits per heavy atom. The molecule has 0 aliphatic carbocycles. The van der Waals surface area contributed by atoms with Crippen LogP contribution in [-0.2, 0) is 6.54 Å². The molecule has 0 aliphatic rings. The molecule has 2 aromatic carbocycles. The molecule has 0 atom stereocenters. The maximum atomic E-state index is 12.4. The number of hydrogen-bond donors (Lipinski definition) is 1. The molecule has 4 rings (SSSR count). The highest BCUT2D eigenvalue weighted by Crippen LogP contribution is 2.23. The number of nitrogens with one attached hydrogen (secondary N) is 1. The van der Waals surface area contributed by atoms with Gasteiger partial charge in [-0.2, -0.15) is 4.98 Å². The van der Waals surface area contributed by atoms with Gasteiger partial charge in [-0.1, -0.05) is 35.5 Å². The molecule has 27 heavy (non-hydrogen) atoms. The number of benzene rings is 2. The number of thiazole rings is 1. The molecule has 134 valence electrons. The average molecular weight is 376 g/mol. The maximum absolute atomic E-state index is 12.4. The smallest absolute Gasteiger partial charge is 0.257 e. The molecule has 4 aromatic rings. The lowest BCUT2D eigenvalue weighted by atomic mass is 10.1. The molecule has 2 aromatic heterocycles. The summed E-state index contributed by atoms with van der Waals surface area (Å²) in [5.41, 5.74) is 3.25. The normalized spacial score (nSPS) is 10.7. The van der Waals surface area contributed by atoms with E-state index >= 15 is 0 Å². The minimum atomic E-state index is -0.155. The summed E-state index contributed by atoms with van der Waals surface area (Å²) >= 11 is 1.57. The molecule has 0 fully saturated rings. The van der Waals surface area contributed by atoms with Crippen molar-refractivity contribution in [2.24, 2.45) is 0 Å². The lowest BCUT2D eigenvalue weighted by Crippen LogP contribution is -2.22. The van der Waals surface area contributed by atoms with Gasteiger partial charge in [0.25, 0.3) is 11.8 Å². The van der Waals surface area contributed by atoms with Crippen molar-refractivity contribution in [1.82, 2.24) is 20.4 Å². The molecular weight excluding hydrogens is 360 g/mol. The van der Waals surface area contributed by atoms with Crippen LogP contribution < -0.4 is 5.32 Å². The van der Waals surface area contributed by atoms with Crippen LogP contribution in [0, 0.1) is 6.92 Å². The van der Waals surface area contributed by atoms with Crippen LogP contribution in [0.1, 0.15) is 21.9 Å². The highest BCUT2D eigenvalue weighted by molar-refractivity contribution is 7.13. The van der Waals surface area contributed by atoms with Gasteiger partial charge in [-0.05, 0) is 31.2 Å². The molecule has 2 heterocycles. The lowest BCUT2D eigenvalue weighted by molar-refractivity contribution is 0.0950. The van der Waals surface area contributed by atoms with Crippen LogP contribution in [0.3, 0.4) is 0 Å². The molecule has 0 spiro atoms. The van der Waals surface area contributed by atoms with Crippen LogP contribution in [0.5, 0.6) is 0 Å². The first-order chi connectivity index (χ1) is 13.2. The maximum Gasteiger partial charge on any atom is 0.257 e. The van der Waals surface area contributed by atoms with Gasteiger partial charge in [-0.3, -0.25) is 4.79 Å². The summed E-state index contributed by atoms with van der Waals surface area (Å²) in [4.78, 5) is 21.1. The van der Waals surface area contributed by atoms with Crippen molar-refractivity contribution in [2.45, 2.75) is 13.5 Å². The zero-order valence-electron chi connectivity index (χ0n) is 14.5. The van der Waals surface area contributed by atoms with E-state index < -0.39 is 0 Å². The van der Waals surface area contributed by atoms with E-state index in [0.717, 1.165) is 21.8 Å². The average Bonchev–Trinajstić information content (AvgIpc) is 3.36. The Morgan fingerprint density at radius 2 is 1.81 bits per heavy atom. The summed E-state index contributed by atoms with van der Waals surface area (Å²) in [6, 6.07) is 17.0. The second-order valence-electron chi connectivity index (χ2n) is 5.92. The van der Waals surface area contributed by atoms with Gasteiger partial charge in [-0.25, -0.2) is 4.98 Å². The van der Waals surface area contributed by atoms with Crippen LogP contribution in [0.15, 0.2) is 64.5 Å². The molecule has 0 saturated heterocycles. The SMILES string of the molecule is Cc1noc(-c2ccc(C(=O)NCc3csc(-c4ccccc4)n3)cc2)n1. The number of rotatable bonds is 5. The minimum absolute atomic E-state index is 0.155. The van der Waals surface area contributed by atoms with E-state index in [9.17, 15) is 4.79 Å². The Bertz CT molecular complexity index is 1060. The molecular formula is C20H16N4O2S. The predicted octanol–water partition coefficient (Wildman–Crippen LogP) is 4.10. The predicted molar refractivity (Wildman–Crippen MR) is 103 cm³/mol. The number of amides is 1. The van der Waals surface area contributed by atoms with Crippen molar-refractivity contribution in [3.8, 4) is 22.0 Å². The van der Waals surface area contributed by atoms with Crippen molar-refractivity contribution in [2.75, 3.05) is 0 Å². The zero-order chi connectivity index (χ0) is 18.6. The van der Waals surface area contributed by atoms with Gasteiger partial charge in [0, 0.05) is 22.1 Å². The minimum Gasteiger partial charge on any atom is -0.346 e. The monoisotopic (exact) mass is 376 g/mol. The van der Waals surface area contributed by atoms with Gasteiger partial charge in [0.2, 0.25) is 0 Å². The summed E-state index contributed by atoms with van der Waals surface area (Å²) in [6.45, 7) is 2.14. The molecule has 0 radical (unpaired) electrons. The Kier molecular flexibility index (Phi) is 4.76. The third kappa shape index (κ3) is 3.93. The molecule has 7 heteroatoms. The van der Waals surface area contributed by atoms with Gasteiger partial charge in [0.15, 0.2) is 5.82 Å². The Hall–Kier alpha value is -3.32. The molecule has 0 bridgehead atoms. The van der Waals surface area contributed by atoms with Crippen molar-refractivity contribution in [3.05, 3.63) is 77.1 Å². The summed E-state index contributed by atoms with van der Waals surface area (Å²) in [7, 11) is 0. The van der Waals surface area contributed by atoms with Crippen LogP contribution in [0.4, 0.5) is 0 Å². The highest BCUT2D eigenvalue weighted by atomic mass is 32.1. The van der Waals surface area contributed by atoms with Crippen molar-refractivity contribution < 1.29 is 9.32 Å². The summed E-state index contributed by atoms with van der Waals surface area (Å²) in [5, 5.41) is 9.57. The molecule has 6 nitrogen and oxygen atoms in total. The molecule has 1 N–H and O–H groups in total. The topological polar surface area (TPSA) is 80.9 Å². The van der Waals surface area contributed by atoms with Gasteiger partial charge < -0.3 is 9.84 Å². The summed E-state index contributed by atoms with van der Waals surface area (Å²) < 4.78 is 5.13. The van der Waals surface area contributed by atoms with Gasteiger partial charge >= 0.3 is 0 Å². The van der Waals surface area contributed by atoms with Gasteiger partial charge in [0.05, 0.1) is 12.2 Å². The largest absolute Gasteiger partial charge is 0.346 e. The molecule has 1 amide bonds. The van der Waals surface area contributed by atoms with E-state index in [1.54, 1.807) is 42.5 Å². The highest BCUT2D eigenvalue weighted by Gasteiger charge is 2.10. The van der Waals surface area contributed by atoms with Crippen LogP contribution in [0.25, 0.3) is 22.0 Å².